The third-order valence-corrected chi connectivity index (χ3v) is 3.62. The van der Waals surface area contributed by atoms with Crippen molar-refractivity contribution in [3.05, 3.63) is 43.1 Å². The average molecular weight is 316 g/mol. The zero-order chi connectivity index (χ0) is 15.4. The minimum Gasteiger partial charge on any atom is -0.468 e. The summed E-state index contributed by atoms with van der Waals surface area (Å²) in [7, 11) is 1.35. The van der Waals surface area contributed by atoms with Gasteiger partial charge in [-0.3, -0.25) is 4.79 Å². The molecule has 0 atom stereocenters. The smallest absolute Gasteiger partial charge is 0.316 e. The molecule has 0 saturated carbocycles. The van der Waals surface area contributed by atoms with Gasteiger partial charge in [-0.15, -0.1) is 0 Å². The first-order valence-corrected chi connectivity index (χ1v) is 7.36. The van der Waals surface area contributed by atoms with Gasteiger partial charge in [0, 0.05) is 18.5 Å². The van der Waals surface area contributed by atoms with Crippen LogP contribution in [0.3, 0.4) is 0 Å². The Balaban J connectivity index is 1.79. The first-order chi connectivity index (χ1) is 10.8. The van der Waals surface area contributed by atoms with Crippen molar-refractivity contribution in [1.29, 1.82) is 0 Å². The summed E-state index contributed by atoms with van der Waals surface area (Å²) in [5, 5.41) is 4.74. The Morgan fingerprint density at radius 3 is 3.14 bits per heavy atom. The number of hydrogen-bond donors (Lipinski definition) is 0. The highest BCUT2D eigenvalue weighted by atomic mass is 32.2. The molecule has 22 heavy (non-hydrogen) atoms. The summed E-state index contributed by atoms with van der Waals surface area (Å²) in [6.07, 6.45) is 6.74. The summed E-state index contributed by atoms with van der Waals surface area (Å²) < 4.78 is 11.5. The van der Waals surface area contributed by atoms with Crippen molar-refractivity contribution in [3.8, 4) is 17.1 Å². The molecule has 0 bridgehead atoms. The molecule has 3 heterocycles. The van der Waals surface area contributed by atoms with Crippen LogP contribution in [-0.2, 0) is 9.53 Å². The molecule has 8 heteroatoms. The number of hydrogen-bond acceptors (Lipinski definition) is 7. The molecular formula is C14H12N4O3S. The van der Waals surface area contributed by atoms with E-state index in [4.69, 9.17) is 4.42 Å². The molecule has 3 rings (SSSR count). The van der Waals surface area contributed by atoms with Crippen LogP contribution in [0.4, 0.5) is 0 Å². The van der Waals surface area contributed by atoms with Crippen LogP contribution >= 0.6 is 11.8 Å². The van der Waals surface area contributed by atoms with Gasteiger partial charge in [-0.05, 0) is 12.1 Å². The molecule has 0 aliphatic rings. The molecule has 0 unspecified atom stereocenters. The van der Waals surface area contributed by atoms with Crippen LogP contribution in [0.15, 0.2) is 52.6 Å². The highest BCUT2D eigenvalue weighted by Gasteiger charge is 2.09. The van der Waals surface area contributed by atoms with Crippen molar-refractivity contribution >= 4 is 17.7 Å². The van der Waals surface area contributed by atoms with Gasteiger partial charge in [0.05, 0.1) is 30.9 Å². The van der Waals surface area contributed by atoms with Crippen molar-refractivity contribution in [2.75, 3.05) is 12.9 Å². The fourth-order valence-electron chi connectivity index (χ4n) is 1.73. The Kier molecular flexibility index (Phi) is 4.19. The van der Waals surface area contributed by atoms with Gasteiger partial charge in [0.1, 0.15) is 5.76 Å². The quantitative estimate of drug-likeness (QED) is 0.405. The molecule has 0 aromatic carbocycles. The normalized spacial score (nSPS) is 10.6. The molecule has 0 aliphatic carbocycles. The van der Waals surface area contributed by atoms with E-state index in [1.807, 2.05) is 18.3 Å². The fraction of sp³-hybridized carbons (Fsp3) is 0.143. The summed E-state index contributed by atoms with van der Waals surface area (Å²) in [6, 6.07) is 5.42. The second-order valence-corrected chi connectivity index (χ2v) is 5.16. The van der Waals surface area contributed by atoms with E-state index < -0.39 is 0 Å². The summed E-state index contributed by atoms with van der Waals surface area (Å²) >= 11 is 1.21. The van der Waals surface area contributed by atoms with Crippen LogP contribution in [0, 0.1) is 0 Å². The first kappa shape index (κ1) is 14.3. The molecule has 112 valence electrons. The topological polar surface area (TPSA) is 83.0 Å². The van der Waals surface area contributed by atoms with E-state index >= 15 is 0 Å². The number of furan rings is 1. The summed E-state index contributed by atoms with van der Waals surface area (Å²) in [6.45, 7) is 0. The third kappa shape index (κ3) is 3.17. The van der Waals surface area contributed by atoms with Gasteiger partial charge in [-0.1, -0.05) is 11.8 Å². The lowest BCUT2D eigenvalue weighted by atomic mass is 10.3. The van der Waals surface area contributed by atoms with Crippen molar-refractivity contribution in [3.63, 3.8) is 0 Å². The number of carbonyl (C=O) groups excluding carboxylic acids is 1. The van der Waals surface area contributed by atoms with Crippen molar-refractivity contribution in [2.24, 2.45) is 0 Å². The van der Waals surface area contributed by atoms with Crippen LogP contribution < -0.4 is 0 Å². The zero-order valence-corrected chi connectivity index (χ0v) is 12.5. The summed E-state index contributed by atoms with van der Waals surface area (Å²) in [4.78, 5) is 19.6. The van der Waals surface area contributed by atoms with Crippen LogP contribution in [0.2, 0.25) is 0 Å². The van der Waals surface area contributed by atoms with Crippen LogP contribution in [-0.4, -0.2) is 38.6 Å². The third-order valence-electron chi connectivity index (χ3n) is 2.79. The number of esters is 1. The van der Waals surface area contributed by atoms with Gasteiger partial charge in [-0.25, -0.2) is 14.6 Å². The van der Waals surface area contributed by atoms with Crippen LogP contribution in [0.5, 0.6) is 0 Å². The molecule has 0 radical (unpaired) electrons. The summed E-state index contributed by atoms with van der Waals surface area (Å²) in [5.41, 5.74) is 0.854. The van der Waals surface area contributed by atoms with Crippen LogP contribution in [0.25, 0.3) is 17.1 Å². The minimum absolute atomic E-state index is 0.163. The molecule has 7 nitrogen and oxygen atoms in total. The van der Waals surface area contributed by atoms with Gasteiger partial charge in [0.15, 0.2) is 11.0 Å². The maximum Gasteiger partial charge on any atom is 0.316 e. The van der Waals surface area contributed by atoms with E-state index in [0.29, 0.717) is 11.0 Å². The Morgan fingerprint density at radius 2 is 2.36 bits per heavy atom. The van der Waals surface area contributed by atoms with E-state index in [1.54, 1.807) is 29.4 Å². The Hall–Kier alpha value is -2.61. The number of rotatable bonds is 5. The lowest BCUT2D eigenvalue weighted by Gasteiger charge is -2.02. The summed E-state index contributed by atoms with van der Waals surface area (Å²) in [5.74, 6) is 1.19. The van der Waals surface area contributed by atoms with E-state index in [9.17, 15) is 4.79 Å². The van der Waals surface area contributed by atoms with E-state index in [0.717, 1.165) is 11.3 Å². The lowest BCUT2D eigenvalue weighted by Crippen LogP contribution is -2.05. The van der Waals surface area contributed by atoms with Crippen molar-refractivity contribution in [1.82, 2.24) is 19.7 Å². The van der Waals surface area contributed by atoms with Gasteiger partial charge in [-0.2, -0.15) is 5.10 Å². The van der Waals surface area contributed by atoms with Crippen molar-refractivity contribution in [2.45, 2.75) is 5.16 Å². The molecule has 3 aromatic rings. The number of nitrogens with zero attached hydrogens (tertiary/aromatic N) is 4. The van der Waals surface area contributed by atoms with Crippen molar-refractivity contribution < 1.29 is 13.9 Å². The standard InChI is InChI=1S/C14H12N4O3S/c1-20-13(19)9-22-14-15-5-4-12(17-14)18-8-10(7-16-18)11-3-2-6-21-11/h2-8H,9H2,1H3. The predicted octanol–water partition coefficient (Wildman–Crippen LogP) is 2.19. The molecular weight excluding hydrogens is 304 g/mol. The molecule has 0 N–H and O–H groups in total. The monoisotopic (exact) mass is 316 g/mol. The van der Waals surface area contributed by atoms with Crippen LogP contribution in [0.1, 0.15) is 0 Å². The molecule has 0 amide bonds. The lowest BCUT2D eigenvalue weighted by molar-refractivity contribution is -0.137. The minimum atomic E-state index is -0.321. The Labute approximate surface area is 130 Å². The van der Waals surface area contributed by atoms with Gasteiger partial charge in [0.2, 0.25) is 0 Å². The number of carbonyl (C=O) groups is 1. The molecule has 0 spiro atoms. The van der Waals surface area contributed by atoms with E-state index in [1.165, 1.54) is 18.9 Å². The molecule has 0 saturated heterocycles. The Bertz CT molecular complexity index is 770. The molecule has 3 aromatic heterocycles. The Morgan fingerprint density at radius 1 is 1.45 bits per heavy atom. The largest absolute Gasteiger partial charge is 0.468 e. The van der Waals surface area contributed by atoms with Gasteiger partial charge in [0.25, 0.3) is 0 Å². The van der Waals surface area contributed by atoms with E-state index in [-0.39, 0.29) is 11.7 Å². The number of ether oxygens (including phenoxy) is 1. The fourth-order valence-corrected chi connectivity index (χ4v) is 2.39. The maximum absolute atomic E-state index is 11.1. The number of thioether (sulfide) groups is 1. The second-order valence-electron chi connectivity index (χ2n) is 4.21. The highest BCUT2D eigenvalue weighted by Crippen LogP contribution is 2.20. The predicted molar refractivity (Wildman–Crippen MR) is 79.6 cm³/mol. The van der Waals surface area contributed by atoms with E-state index in [2.05, 4.69) is 19.8 Å². The van der Waals surface area contributed by atoms with Gasteiger partial charge < -0.3 is 9.15 Å². The van der Waals surface area contributed by atoms with Gasteiger partial charge >= 0.3 is 5.97 Å². The molecule has 0 aliphatic heterocycles. The SMILES string of the molecule is COC(=O)CSc1nccc(-n2cc(-c3ccco3)cn2)n1. The number of aromatic nitrogens is 4. The second kappa shape index (κ2) is 6.44. The zero-order valence-electron chi connectivity index (χ0n) is 11.7. The average Bonchev–Trinajstić information content (AvgIpc) is 3.23. The number of methoxy groups -OCH3 is 1. The molecule has 0 fully saturated rings. The highest BCUT2D eigenvalue weighted by molar-refractivity contribution is 7.99. The maximum atomic E-state index is 11.1. The first-order valence-electron chi connectivity index (χ1n) is 6.38.